The number of nitrogens with zero attached hydrogens (tertiary/aromatic N) is 3. The predicted octanol–water partition coefficient (Wildman–Crippen LogP) is 3.85. The summed E-state index contributed by atoms with van der Waals surface area (Å²) in [5.41, 5.74) is 2.21. The minimum atomic E-state index is -0.0748. The van der Waals surface area contributed by atoms with E-state index in [1.54, 1.807) is 0 Å². The molecule has 0 bridgehead atoms. The van der Waals surface area contributed by atoms with Crippen LogP contribution in [0.25, 0.3) is 11.0 Å². The summed E-state index contributed by atoms with van der Waals surface area (Å²) in [7, 11) is 4.20. The lowest BCUT2D eigenvalue weighted by atomic mass is 10.2. The van der Waals surface area contributed by atoms with Crippen LogP contribution in [0.4, 0.5) is 0 Å². The average molecular weight is 280 g/mol. The molecular weight excluding hydrogens is 258 g/mol. The van der Waals surface area contributed by atoms with Crippen molar-refractivity contribution in [2.45, 2.75) is 31.7 Å². The van der Waals surface area contributed by atoms with Crippen LogP contribution in [0, 0.1) is 0 Å². The fourth-order valence-electron chi connectivity index (χ4n) is 2.38. The number of rotatable bonds is 5. The molecule has 0 amide bonds. The quantitative estimate of drug-likeness (QED) is 0.775. The Morgan fingerprint density at radius 2 is 1.95 bits per heavy atom. The Labute approximate surface area is 120 Å². The van der Waals surface area contributed by atoms with E-state index in [-0.39, 0.29) is 5.38 Å². The van der Waals surface area contributed by atoms with E-state index in [9.17, 15) is 0 Å². The zero-order chi connectivity index (χ0) is 14.0. The third-order valence-corrected chi connectivity index (χ3v) is 3.61. The molecule has 104 valence electrons. The summed E-state index contributed by atoms with van der Waals surface area (Å²) in [5.74, 6) is 0.967. The number of fused-ring (bicyclic) bond motifs is 1. The smallest absolute Gasteiger partial charge is 0.127 e. The van der Waals surface area contributed by atoms with E-state index >= 15 is 0 Å². The fourth-order valence-corrected chi connectivity index (χ4v) is 2.54. The van der Waals surface area contributed by atoms with Gasteiger partial charge in [0.15, 0.2) is 0 Å². The van der Waals surface area contributed by atoms with Crippen molar-refractivity contribution in [3.8, 4) is 0 Å². The van der Waals surface area contributed by atoms with E-state index in [0.717, 1.165) is 24.3 Å². The second-order valence-electron chi connectivity index (χ2n) is 5.39. The predicted molar refractivity (Wildman–Crippen MR) is 81.9 cm³/mol. The summed E-state index contributed by atoms with van der Waals surface area (Å²) in [6, 6.07) is 8.64. The number of para-hydroxylation sites is 2. The van der Waals surface area contributed by atoms with Crippen molar-refractivity contribution < 1.29 is 0 Å². The lowest BCUT2D eigenvalue weighted by Crippen LogP contribution is -2.18. The zero-order valence-corrected chi connectivity index (χ0v) is 12.9. The average Bonchev–Trinajstić information content (AvgIpc) is 2.75. The lowest BCUT2D eigenvalue weighted by molar-refractivity contribution is 0.357. The van der Waals surface area contributed by atoms with Crippen LogP contribution >= 0.6 is 11.6 Å². The molecule has 2 atom stereocenters. The second kappa shape index (κ2) is 5.93. The second-order valence-corrected chi connectivity index (χ2v) is 6.04. The maximum absolute atomic E-state index is 6.29. The number of hydrogen-bond donors (Lipinski definition) is 0. The molecule has 0 radical (unpaired) electrons. The summed E-state index contributed by atoms with van der Waals surface area (Å²) >= 11 is 6.29. The van der Waals surface area contributed by atoms with Gasteiger partial charge in [-0.2, -0.15) is 0 Å². The van der Waals surface area contributed by atoms with Gasteiger partial charge in [0.05, 0.1) is 16.4 Å². The van der Waals surface area contributed by atoms with Gasteiger partial charge < -0.3 is 9.47 Å². The molecule has 1 aromatic carbocycles. The minimum Gasteiger partial charge on any atom is -0.324 e. The zero-order valence-electron chi connectivity index (χ0n) is 12.1. The Hall–Kier alpha value is -1.06. The van der Waals surface area contributed by atoms with Gasteiger partial charge in [-0.3, -0.25) is 0 Å². The van der Waals surface area contributed by atoms with Crippen LogP contribution in [-0.4, -0.2) is 35.1 Å². The third-order valence-electron chi connectivity index (χ3n) is 3.41. The maximum atomic E-state index is 6.29. The van der Waals surface area contributed by atoms with Crippen molar-refractivity contribution in [3.63, 3.8) is 0 Å². The largest absolute Gasteiger partial charge is 0.324 e. The highest BCUT2D eigenvalue weighted by atomic mass is 35.5. The van der Waals surface area contributed by atoms with Crippen LogP contribution in [0.15, 0.2) is 24.3 Å². The molecule has 2 aromatic rings. The number of halogens is 1. The van der Waals surface area contributed by atoms with Gasteiger partial charge in [0.25, 0.3) is 0 Å². The highest BCUT2D eigenvalue weighted by Gasteiger charge is 2.18. The molecule has 19 heavy (non-hydrogen) atoms. The topological polar surface area (TPSA) is 21.1 Å². The van der Waals surface area contributed by atoms with E-state index < -0.39 is 0 Å². The normalized spacial score (nSPS) is 15.1. The van der Waals surface area contributed by atoms with Crippen LogP contribution in [-0.2, 0) is 0 Å². The molecule has 3 nitrogen and oxygen atoms in total. The molecule has 0 N–H and O–H groups in total. The Morgan fingerprint density at radius 1 is 1.26 bits per heavy atom. The molecule has 0 aliphatic carbocycles. The van der Waals surface area contributed by atoms with Gasteiger partial charge in [-0.05, 0) is 53.0 Å². The maximum Gasteiger partial charge on any atom is 0.127 e. The lowest BCUT2D eigenvalue weighted by Gasteiger charge is -2.20. The molecule has 2 rings (SSSR count). The molecule has 0 aliphatic rings. The first-order chi connectivity index (χ1) is 9.00. The molecule has 2 unspecified atom stereocenters. The van der Waals surface area contributed by atoms with Gasteiger partial charge >= 0.3 is 0 Å². The van der Waals surface area contributed by atoms with E-state index in [1.165, 1.54) is 5.52 Å². The van der Waals surface area contributed by atoms with Crippen molar-refractivity contribution in [2.24, 2.45) is 0 Å². The fraction of sp³-hybridized carbons (Fsp3) is 0.533. The molecule has 0 aliphatic heterocycles. The van der Waals surface area contributed by atoms with Crippen LogP contribution in [0.2, 0.25) is 0 Å². The van der Waals surface area contributed by atoms with Crippen molar-refractivity contribution in [3.05, 3.63) is 30.1 Å². The van der Waals surface area contributed by atoms with Gasteiger partial charge in [-0.15, -0.1) is 11.6 Å². The van der Waals surface area contributed by atoms with Gasteiger partial charge in [0.1, 0.15) is 5.82 Å². The number of alkyl halides is 1. The summed E-state index contributed by atoms with van der Waals surface area (Å²) < 4.78 is 2.29. The van der Waals surface area contributed by atoms with Crippen molar-refractivity contribution in [2.75, 3.05) is 20.6 Å². The standard InChI is InChI=1S/C15H22ClN3/c1-11(9-10-18(3)4)19-14-8-6-5-7-13(14)17-15(19)12(2)16/h5-8,11-12H,9-10H2,1-4H3. The highest BCUT2D eigenvalue weighted by molar-refractivity contribution is 6.20. The minimum absolute atomic E-state index is 0.0748. The summed E-state index contributed by atoms with van der Waals surface area (Å²) in [6.45, 7) is 5.28. The van der Waals surface area contributed by atoms with E-state index in [0.29, 0.717) is 6.04 Å². The Bertz CT molecular complexity index is 545. The van der Waals surface area contributed by atoms with Gasteiger partial charge in [0.2, 0.25) is 0 Å². The first-order valence-corrected chi connectivity index (χ1v) is 7.20. The molecule has 0 saturated carbocycles. The van der Waals surface area contributed by atoms with Crippen LogP contribution in [0.1, 0.15) is 37.5 Å². The molecule has 1 heterocycles. The van der Waals surface area contributed by atoms with Crippen LogP contribution in [0.3, 0.4) is 0 Å². The van der Waals surface area contributed by atoms with Gasteiger partial charge in [-0.1, -0.05) is 12.1 Å². The molecular formula is C15H22ClN3. The van der Waals surface area contributed by atoms with E-state index in [2.05, 4.69) is 47.6 Å². The SMILES string of the molecule is CC(Cl)c1nc2ccccc2n1C(C)CCN(C)C. The monoisotopic (exact) mass is 279 g/mol. The Morgan fingerprint density at radius 3 is 2.58 bits per heavy atom. The Balaban J connectivity index is 2.41. The summed E-state index contributed by atoms with van der Waals surface area (Å²) in [4.78, 5) is 6.89. The number of benzene rings is 1. The van der Waals surface area contributed by atoms with Crippen LogP contribution in [0.5, 0.6) is 0 Å². The molecule has 4 heteroatoms. The first-order valence-electron chi connectivity index (χ1n) is 6.76. The van der Waals surface area contributed by atoms with Crippen molar-refractivity contribution in [1.29, 1.82) is 0 Å². The number of hydrogen-bond acceptors (Lipinski definition) is 2. The number of aromatic nitrogens is 2. The number of imidazole rings is 1. The summed E-state index contributed by atoms with van der Waals surface area (Å²) in [5, 5.41) is -0.0748. The third kappa shape index (κ3) is 3.10. The Kier molecular flexibility index (Phi) is 4.48. The van der Waals surface area contributed by atoms with E-state index in [4.69, 9.17) is 11.6 Å². The molecule has 0 spiro atoms. The molecule has 0 saturated heterocycles. The van der Waals surface area contributed by atoms with Crippen molar-refractivity contribution in [1.82, 2.24) is 14.5 Å². The first kappa shape index (κ1) is 14.4. The van der Waals surface area contributed by atoms with Crippen LogP contribution < -0.4 is 0 Å². The van der Waals surface area contributed by atoms with E-state index in [1.807, 2.05) is 19.1 Å². The molecule has 0 fully saturated rings. The van der Waals surface area contributed by atoms with Crippen molar-refractivity contribution >= 4 is 22.6 Å². The van der Waals surface area contributed by atoms with Gasteiger partial charge in [-0.25, -0.2) is 4.98 Å². The highest BCUT2D eigenvalue weighted by Crippen LogP contribution is 2.29. The molecule has 1 aromatic heterocycles. The summed E-state index contributed by atoms with van der Waals surface area (Å²) in [6.07, 6.45) is 1.09. The van der Waals surface area contributed by atoms with Gasteiger partial charge in [0, 0.05) is 6.04 Å².